The van der Waals surface area contributed by atoms with E-state index in [0.717, 1.165) is 17.8 Å². The van der Waals surface area contributed by atoms with Gasteiger partial charge in [0.25, 0.3) is 0 Å². The second-order valence-corrected chi connectivity index (χ2v) is 8.41. The molecule has 1 heterocycles. The predicted molar refractivity (Wildman–Crippen MR) is 92.6 cm³/mol. The SMILES string of the molecule is CCCNCC1(CN2CCC(C(C)C)C2)CCCC(C)C1. The van der Waals surface area contributed by atoms with Crippen molar-refractivity contribution in [2.45, 2.75) is 66.2 Å². The summed E-state index contributed by atoms with van der Waals surface area (Å²) >= 11 is 0. The van der Waals surface area contributed by atoms with Crippen LogP contribution in [-0.2, 0) is 0 Å². The monoisotopic (exact) mass is 294 g/mol. The molecule has 0 aromatic heterocycles. The van der Waals surface area contributed by atoms with Crippen molar-refractivity contribution < 1.29 is 0 Å². The van der Waals surface area contributed by atoms with Crippen LogP contribution in [0.25, 0.3) is 0 Å². The maximum absolute atomic E-state index is 3.75. The van der Waals surface area contributed by atoms with Crippen molar-refractivity contribution in [3.05, 3.63) is 0 Å². The van der Waals surface area contributed by atoms with Crippen LogP contribution in [0, 0.1) is 23.2 Å². The van der Waals surface area contributed by atoms with E-state index in [1.54, 1.807) is 0 Å². The van der Waals surface area contributed by atoms with E-state index in [2.05, 4.69) is 37.9 Å². The van der Waals surface area contributed by atoms with Gasteiger partial charge in [0.1, 0.15) is 0 Å². The van der Waals surface area contributed by atoms with Crippen molar-refractivity contribution in [2.75, 3.05) is 32.7 Å². The van der Waals surface area contributed by atoms with Crippen LogP contribution in [0.4, 0.5) is 0 Å². The highest BCUT2D eigenvalue weighted by atomic mass is 15.2. The van der Waals surface area contributed by atoms with Crippen molar-refractivity contribution in [3.63, 3.8) is 0 Å². The summed E-state index contributed by atoms with van der Waals surface area (Å²) in [4.78, 5) is 2.79. The van der Waals surface area contributed by atoms with E-state index in [-0.39, 0.29) is 0 Å². The predicted octanol–water partition coefficient (Wildman–Crippen LogP) is 4.16. The molecule has 124 valence electrons. The lowest BCUT2D eigenvalue weighted by Crippen LogP contribution is -2.46. The smallest absolute Gasteiger partial charge is 0.00504 e. The van der Waals surface area contributed by atoms with Crippen molar-refractivity contribution in [3.8, 4) is 0 Å². The first kappa shape index (κ1) is 17.3. The number of nitrogens with one attached hydrogen (secondary N) is 1. The van der Waals surface area contributed by atoms with Crippen LogP contribution in [0.2, 0.25) is 0 Å². The summed E-state index contributed by atoms with van der Waals surface area (Å²) in [5, 5.41) is 3.75. The molecule has 1 saturated heterocycles. The highest BCUT2D eigenvalue weighted by molar-refractivity contribution is 4.92. The van der Waals surface area contributed by atoms with Gasteiger partial charge in [-0.1, -0.05) is 40.5 Å². The van der Waals surface area contributed by atoms with Gasteiger partial charge in [0.05, 0.1) is 0 Å². The van der Waals surface area contributed by atoms with Crippen LogP contribution in [-0.4, -0.2) is 37.6 Å². The van der Waals surface area contributed by atoms with Gasteiger partial charge in [0.2, 0.25) is 0 Å². The third-order valence-corrected chi connectivity index (χ3v) is 5.92. The molecule has 21 heavy (non-hydrogen) atoms. The van der Waals surface area contributed by atoms with Crippen LogP contribution in [0.15, 0.2) is 0 Å². The second kappa shape index (κ2) is 7.97. The molecule has 0 radical (unpaired) electrons. The molecular formula is C19H38N2. The molecule has 2 heteroatoms. The third kappa shape index (κ3) is 4.96. The highest BCUT2D eigenvalue weighted by Crippen LogP contribution is 2.40. The maximum atomic E-state index is 3.75. The first-order valence-electron chi connectivity index (χ1n) is 9.48. The zero-order valence-corrected chi connectivity index (χ0v) is 15.0. The van der Waals surface area contributed by atoms with Gasteiger partial charge >= 0.3 is 0 Å². The lowest BCUT2D eigenvalue weighted by molar-refractivity contribution is 0.0885. The highest BCUT2D eigenvalue weighted by Gasteiger charge is 2.38. The van der Waals surface area contributed by atoms with E-state index in [1.165, 1.54) is 71.2 Å². The van der Waals surface area contributed by atoms with Crippen molar-refractivity contribution in [1.82, 2.24) is 10.2 Å². The molecule has 2 nitrogen and oxygen atoms in total. The van der Waals surface area contributed by atoms with Gasteiger partial charge in [-0.25, -0.2) is 0 Å². The average Bonchev–Trinajstić information content (AvgIpc) is 2.87. The summed E-state index contributed by atoms with van der Waals surface area (Å²) < 4.78 is 0. The molecule has 0 spiro atoms. The molecule has 1 aliphatic heterocycles. The molecule has 2 rings (SSSR count). The van der Waals surface area contributed by atoms with E-state index >= 15 is 0 Å². The van der Waals surface area contributed by atoms with Gasteiger partial charge in [-0.05, 0) is 61.9 Å². The van der Waals surface area contributed by atoms with Gasteiger partial charge in [-0.15, -0.1) is 0 Å². The molecule has 3 unspecified atom stereocenters. The fraction of sp³-hybridized carbons (Fsp3) is 1.00. The molecule has 1 aliphatic carbocycles. The lowest BCUT2D eigenvalue weighted by Gasteiger charge is -2.43. The molecule has 0 aromatic carbocycles. The largest absolute Gasteiger partial charge is 0.316 e. The van der Waals surface area contributed by atoms with E-state index in [1.807, 2.05) is 0 Å². The Morgan fingerprint density at radius 1 is 1.29 bits per heavy atom. The Bertz CT molecular complexity index is 302. The third-order valence-electron chi connectivity index (χ3n) is 5.92. The topological polar surface area (TPSA) is 15.3 Å². The molecule has 0 amide bonds. The van der Waals surface area contributed by atoms with Crippen LogP contribution >= 0.6 is 0 Å². The number of hydrogen-bond donors (Lipinski definition) is 1. The van der Waals surface area contributed by atoms with E-state index in [9.17, 15) is 0 Å². The maximum Gasteiger partial charge on any atom is 0.00504 e. The molecule has 0 aromatic rings. The number of hydrogen-bond acceptors (Lipinski definition) is 2. The van der Waals surface area contributed by atoms with Gasteiger partial charge in [0.15, 0.2) is 0 Å². The van der Waals surface area contributed by atoms with Gasteiger partial charge in [-0.3, -0.25) is 0 Å². The number of nitrogens with zero attached hydrogens (tertiary/aromatic N) is 1. The average molecular weight is 295 g/mol. The Labute approximate surface area is 133 Å². The Balaban J connectivity index is 1.92. The minimum Gasteiger partial charge on any atom is -0.316 e. The molecular weight excluding hydrogens is 256 g/mol. The first-order valence-corrected chi connectivity index (χ1v) is 9.48. The van der Waals surface area contributed by atoms with E-state index < -0.39 is 0 Å². The van der Waals surface area contributed by atoms with Gasteiger partial charge in [0, 0.05) is 19.6 Å². The zero-order chi connectivity index (χ0) is 15.3. The Morgan fingerprint density at radius 3 is 2.71 bits per heavy atom. The second-order valence-electron chi connectivity index (χ2n) is 8.41. The quantitative estimate of drug-likeness (QED) is 0.709. The Kier molecular flexibility index (Phi) is 6.55. The standard InChI is InChI=1S/C19H38N2/c1-5-10-20-14-19(9-6-7-17(4)12-19)15-21-11-8-18(13-21)16(2)3/h16-18,20H,5-15H2,1-4H3. The fourth-order valence-electron chi connectivity index (χ4n) is 4.68. The van der Waals surface area contributed by atoms with Crippen molar-refractivity contribution in [1.29, 1.82) is 0 Å². The Hall–Kier alpha value is -0.0800. The molecule has 1 N–H and O–H groups in total. The summed E-state index contributed by atoms with van der Waals surface area (Å²) in [5.41, 5.74) is 0.554. The Morgan fingerprint density at radius 2 is 2.10 bits per heavy atom. The van der Waals surface area contributed by atoms with Crippen molar-refractivity contribution in [2.24, 2.45) is 23.2 Å². The van der Waals surface area contributed by atoms with Crippen LogP contribution < -0.4 is 5.32 Å². The minimum atomic E-state index is 0.554. The van der Waals surface area contributed by atoms with Crippen LogP contribution in [0.1, 0.15) is 66.2 Å². The molecule has 0 bridgehead atoms. The van der Waals surface area contributed by atoms with Gasteiger partial charge in [-0.2, -0.15) is 0 Å². The number of likely N-dealkylation sites (tertiary alicyclic amines) is 1. The lowest BCUT2D eigenvalue weighted by atomic mass is 9.69. The normalized spacial score (nSPS) is 34.7. The zero-order valence-electron chi connectivity index (χ0n) is 15.0. The minimum absolute atomic E-state index is 0.554. The molecule has 1 saturated carbocycles. The first-order chi connectivity index (χ1) is 10.0. The fourth-order valence-corrected chi connectivity index (χ4v) is 4.68. The van der Waals surface area contributed by atoms with Gasteiger partial charge < -0.3 is 10.2 Å². The molecule has 3 atom stereocenters. The van der Waals surface area contributed by atoms with Crippen LogP contribution in [0.3, 0.4) is 0 Å². The summed E-state index contributed by atoms with van der Waals surface area (Å²) in [6, 6.07) is 0. The summed E-state index contributed by atoms with van der Waals surface area (Å²) in [5.74, 6) is 2.71. The van der Waals surface area contributed by atoms with Crippen molar-refractivity contribution >= 4 is 0 Å². The van der Waals surface area contributed by atoms with E-state index in [0.29, 0.717) is 5.41 Å². The van der Waals surface area contributed by atoms with Crippen LogP contribution in [0.5, 0.6) is 0 Å². The number of rotatable bonds is 7. The molecule has 2 fully saturated rings. The van der Waals surface area contributed by atoms with E-state index in [4.69, 9.17) is 0 Å². The summed E-state index contributed by atoms with van der Waals surface area (Å²) in [7, 11) is 0. The summed E-state index contributed by atoms with van der Waals surface area (Å²) in [6.07, 6.45) is 8.44. The summed E-state index contributed by atoms with van der Waals surface area (Å²) in [6.45, 7) is 16.0. The molecule has 2 aliphatic rings.